The van der Waals surface area contributed by atoms with Crippen molar-refractivity contribution in [2.75, 3.05) is 11.5 Å². The van der Waals surface area contributed by atoms with Crippen molar-refractivity contribution in [2.45, 2.75) is 27.4 Å². The summed E-state index contributed by atoms with van der Waals surface area (Å²) in [4.78, 5) is 39.4. The second-order valence-electron chi connectivity index (χ2n) is 8.39. The molecule has 9 heteroatoms. The van der Waals surface area contributed by atoms with Crippen LogP contribution in [0.1, 0.15) is 29.2 Å². The van der Waals surface area contributed by atoms with Crippen LogP contribution in [0.2, 0.25) is 5.02 Å². The molecule has 0 aromatic heterocycles. The average molecular weight is 523 g/mol. The smallest absolute Gasteiger partial charge is 0.335 e. The maximum atomic E-state index is 14.0. The summed E-state index contributed by atoms with van der Waals surface area (Å²) < 4.78 is 25.5. The summed E-state index contributed by atoms with van der Waals surface area (Å²) in [6, 6.07) is 13.7. The molecule has 1 saturated heterocycles. The highest BCUT2D eigenvalue weighted by Crippen LogP contribution is 2.38. The van der Waals surface area contributed by atoms with Gasteiger partial charge in [0.15, 0.2) is 11.5 Å². The standard InChI is InChI=1S/C28H24ClFN2O5/c1-4-36-24-14-18(13-21(29)25(24)37-15-19-7-5-6-8-22(19)30)12-20-26(33)31-28(35)32(27(20)34)23-10-9-16(2)11-17(23)3/h5-14H,4,15H2,1-3H3,(H,31,33,35)/b20-12+. The molecule has 0 saturated carbocycles. The fraction of sp³-hybridized carbons (Fsp3) is 0.179. The number of urea groups is 1. The van der Waals surface area contributed by atoms with Crippen molar-refractivity contribution in [3.8, 4) is 11.5 Å². The number of ether oxygens (including phenoxy) is 2. The van der Waals surface area contributed by atoms with Gasteiger partial charge in [-0.3, -0.25) is 14.9 Å². The summed E-state index contributed by atoms with van der Waals surface area (Å²) in [6.45, 7) is 5.64. The van der Waals surface area contributed by atoms with E-state index in [1.807, 2.05) is 13.0 Å². The summed E-state index contributed by atoms with van der Waals surface area (Å²) in [7, 11) is 0. The number of rotatable bonds is 7. The van der Waals surface area contributed by atoms with E-state index in [9.17, 15) is 18.8 Å². The van der Waals surface area contributed by atoms with Gasteiger partial charge in [-0.05, 0) is 62.2 Å². The van der Waals surface area contributed by atoms with E-state index < -0.39 is 23.7 Å². The molecule has 1 N–H and O–H groups in total. The van der Waals surface area contributed by atoms with Crippen LogP contribution in [0.3, 0.4) is 0 Å². The molecular weight excluding hydrogens is 499 g/mol. The normalized spacial score (nSPS) is 14.7. The van der Waals surface area contributed by atoms with E-state index in [1.54, 1.807) is 50.2 Å². The van der Waals surface area contributed by atoms with E-state index in [0.717, 1.165) is 10.5 Å². The third kappa shape index (κ3) is 5.49. The van der Waals surface area contributed by atoms with Crippen molar-refractivity contribution < 1.29 is 28.2 Å². The SMILES string of the molecule is CCOc1cc(/C=C2\C(=O)NC(=O)N(c3ccc(C)cc3C)C2=O)cc(Cl)c1OCc1ccccc1F. The third-order valence-corrected chi connectivity index (χ3v) is 5.95. The molecule has 4 rings (SSSR count). The van der Waals surface area contributed by atoms with Gasteiger partial charge in [0.05, 0.1) is 17.3 Å². The van der Waals surface area contributed by atoms with Crippen LogP contribution in [0.4, 0.5) is 14.9 Å². The highest BCUT2D eigenvalue weighted by atomic mass is 35.5. The second-order valence-corrected chi connectivity index (χ2v) is 8.80. The molecule has 3 aromatic carbocycles. The molecule has 37 heavy (non-hydrogen) atoms. The molecule has 0 unspecified atom stereocenters. The van der Waals surface area contributed by atoms with E-state index in [4.69, 9.17) is 21.1 Å². The molecule has 1 heterocycles. The monoisotopic (exact) mass is 522 g/mol. The zero-order chi connectivity index (χ0) is 26.7. The Morgan fingerprint density at radius 3 is 2.49 bits per heavy atom. The molecule has 0 aliphatic carbocycles. The summed E-state index contributed by atoms with van der Waals surface area (Å²) in [5, 5.41) is 2.35. The predicted molar refractivity (Wildman–Crippen MR) is 138 cm³/mol. The lowest BCUT2D eigenvalue weighted by Crippen LogP contribution is -2.54. The Kier molecular flexibility index (Phi) is 7.59. The van der Waals surface area contributed by atoms with Crippen LogP contribution < -0.4 is 19.7 Å². The maximum absolute atomic E-state index is 14.0. The van der Waals surface area contributed by atoms with Gasteiger partial charge in [0, 0.05) is 5.56 Å². The number of hydrogen-bond donors (Lipinski definition) is 1. The van der Waals surface area contributed by atoms with Crippen molar-refractivity contribution in [3.05, 3.63) is 93.3 Å². The van der Waals surface area contributed by atoms with Gasteiger partial charge in [0.25, 0.3) is 11.8 Å². The third-order valence-electron chi connectivity index (χ3n) is 5.67. The minimum Gasteiger partial charge on any atom is -0.490 e. The highest BCUT2D eigenvalue weighted by molar-refractivity contribution is 6.39. The maximum Gasteiger partial charge on any atom is 0.335 e. The first-order valence-electron chi connectivity index (χ1n) is 11.5. The van der Waals surface area contributed by atoms with Crippen LogP contribution >= 0.6 is 11.6 Å². The van der Waals surface area contributed by atoms with Gasteiger partial charge < -0.3 is 9.47 Å². The van der Waals surface area contributed by atoms with E-state index in [1.165, 1.54) is 18.2 Å². The molecule has 4 amide bonds. The van der Waals surface area contributed by atoms with Gasteiger partial charge in [-0.15, -0.1) is 0 Å². The molecule has 0 bridgehead atoms. The van der Waals surface area contributed by atoms with Crippen LogP contribution in [0.5, 0.6) is 11.5 Å². The quantitative estimate of drug-likeness (QED) is 0.316. The fourth-order valence-corrected chi connectivity index (χ4v) is 4.21. The Bertz CT molecular complexity index is 1440. The number of hydrogen-bond acceptors (Lipinski definition) is 5. The number of halogens is 2. The number of barbiturate groups is 1. The fourth-order valence-electron chi connectivity index (χ4n) is 3.94. The molecule has 1 fully saturated rings. The topological polar surface area (TPSA) is 84.9 Å². The van der Waals surface area contributed by atoms with Crippen molar-refractivity contribution in [2.24, 2.45) is 0 Å². The number of anilines is 1. The lowest BCUT2D eigenvalue weighted by atomic mass is 10.0. The molecule has 1 aliphatic rings. The first-order chi connectivity index (χ1) is 17.7. The Hall–Kier alpha value is -4.17. The Balaban J connectivity index is 1.68. The Morgan fingerprint density at radius 2 is 1.78 bits per heavy atom. The summed E-state index contributed by atoms with van der Waals surface area (Å²) in [5.41, 5.74) is 2.51. The molecular formula is C28H24ClFN2O5. The highest BCUT2D eigenvalue weighted by Gasteiger charge is 2.37. The molecule has 1 aliphatic heterocycles. The number of aryl methyl sites for hydroxylation is 2. The van der Waals surface area contributed by atoms with Crippen molar-refractivity contribution in [1.29, 1.82) is 0 Å². The number of carbonyl (C=O) groups excluding carboxylic acids is 3. The van der Waals surface area contributed by atoms with Crippen LogP contribution in [-0.2, 0) is 16.2 Å². The largest absolute Gasteiger partial charge is 0.490 e. The van der Waals surface area contributed by atoms with Crippen molar-refractivity contribution in [1.82, 2.24) is 5.32 Å². The zero-order valence-electron chi connectivity index (χ0n) is 20.4. The first kappa shape index (κ1) is 25.9. The van der Waals surface area contributed by atoms with Crippen LogP contribution in [0.15, 0.2) is 60.2 Å². The van der Waals surface area contributed by atoms with E-state index >= 15 is 0 Å². The summed E-state index contributed by atoms with van der Waals surface area (Å²) >= 11 is 6.47. The van der Waals surface area contributed by atoms with E-state index in [2.05, 4.69) is 5.32 Å². The number of amides is 4. The number of carbonyl (C=O) groups is 3. The van der Waals surface area contributed by atoms with Crippen LogP contribution in [0, 0.1) is 19.7 Å². The van der Waals surface area contributed by atoms with E-state index in [0.29, 0.717) is 22.4 Å². The summed E-state index contributed by atoms with van der Waals surface area (Å²) in [6.07, 6.45) is 1.33. The van der Waals surface area contributed by atoms with Crippen molar-refractivity contribution in [3.63, 3.8) is 0 Å². The molecule has 3 aromatic rings. The number of nitrogens with zero attached hydrogens (tertiary/aromatic N) is 1. The number of imide groups is 2. The average Bonchev–Trinajstić information content (AvgIpc) is 2.83. The van der Waals surface area contributed by atoms with Gasteiger partial charge in [-0.2, -0.15) is 0 Å². The lowest BCUT2D eigenvalue weighted by molar-refractivity contribution is -0.122. The Morgan fingerprint density at radius 1 is 1.03 bits per heavy atom. The molecule has 0 radical (unpaired) electrons. The van der Waals surface area contributed by atoms with Gasteiger partial charge >= 0.3 is 6.03 Å². The second kappa shape index (κ2) is 10.8. The molecule has 190 valence electrons. The number of benzene rings is 3. The zero-order valence-corrected chi connectivity index (χ0v) is 21.2. The minimum absolute atomic E-state index is 0.0826. The van der Waals surface area contributed by atoms with Gasteiger partial charge in [-0.1, -0.05) is 47.5 Å². The first-order valence-corrected chi connectivity index (χ1v) is 11.9. The summed E-state index contributed by atoms with van der Waals surface area (Å²) in [5.74, 6) is -1.56. The molecule has 7 nitrogen and oxygen atoms in total. The molecule has 0 spiro atoms. The van der Waals surface area contributed by atoms with Crippen LogP contribution in [-0.4, -0.2) is 24.5 Å². The minimum atomic E-state index is -0.830. The van der Waals surface area contributed by atoms with Crippen molar-refractivity contribution >= 4 is 41.2 Å². The van der Waals surface area contributed by atoms with Crippen LogP contribution in [0.25, 0.3) is 6.08 Å². The van der Waals surface area contributed by atoms with Gasteiger partial charge in [0.2, 0.25) is 0 Å². The molecule has 0 atom stereocenters. The lowest BCUT2D eigenvalue weighted by Gasteiger charge is -2.27. The van der Waals surface area contributed by atoms with E-state index in [-0.39, 0.29) is 35.3 Å². The van der Waals surface area contributed by atoms with Gasteiger partial charge in [-0.25, -0.2) is 14.1 Å². The predicted octanol–water partition coefficient (Wildman–Crippen LogP) is 5.74. The van der Waals surface area contributed by atoms with Gasteiger partial charge in [0.1, 0.15) is 18.0 Å². The Labute approximate surface area is 218 Å². The number of nitrogens with one attached hydrogen (secondary N) is 1.